The Labute approximate surface area is 115 Å². The molecule has 0 radical (unpaired) electrons. The maximum atomic E-state index is 12.1. The van der Waals surface area contributed by atoms with Crippen molar-refractivity contribution in [1.29, 1.82) is 0 Å². The van der Waals surface area contributed by atoms with E-state index in [1.54, 1.807) is 0 Å². The minimum Gasteiger partial charge on any atom is -0.353 e. The number of hydrogen-bond donors (Lipinski definition) is 1. The van der Waals surface area contributed by atoms with Crippen molar-refractivity contribution >= 4 is 15.7 Å². The summed E-state index contributed by atoms with van der Waals surface area (Å²) < 4.78 is 23.2. The van der Waals surface area contributed by atoms with Gasteiger partial charge in [0.2, 0.25) is 5.91 Å². The van der Waals surface area contributed by atoms with E-state index in [4.69, 9.17) is 0 Å². The van der Waals surface area contributed by atoms with E-state index in [0.717, 1.165) is 38.5 Å². The lowest BCUT2D eigenvalue weighted by atomic mass is 9.91. The van der Waals surface area contributed by atoms with Crippen molar-refractivity contribution in [1.82, 2.24) is 5.32 Å². The lowest BCUT2D eigenvalue weighted by molar-refractivity contribution is -0.126. The molecule has 0 aliphatic heterocycles. The van der Waals surface area contributed by atoms with Crippen molar-refractivity contribution in [3.05, 3.63) is 12.2 Å². The van der Waals surface area contributed by atoms with Gasteiger partial charge in [-0.2, -0.15) is 0 Å². The van der Waals surface area contributed by atoms with Crippen LogP contribution in [0, 0.1) is 5.92 Å². The molecule has 2 rings (SSSR count). The van der Waals surface area contributed by atoms with Gasteiger partial charge in [0.05, 0.1) is 5.25 Å². The molecule has 3 unspecified atom stereocenters. The quantitative estimate of drug-likeness (QED) is 0.804. The summed E-state index contributed by atoms with van der Waals surface area (Å²) in [6, 6.07) is 0.0341. The van der Waals surface area contributed by atoms with Gasteiger partial charge in [-0.05, 0) is 38.5 Å². The van der Waals surface area contributed by atoms with Gasteiger partial charge in [-0.1, -0.05) is 18.6 Å². The summed E-state index contributed by atoms with van der Waals surface area (Å²) in [6.45, 7) is 0. The highest BCUT2D eigenvalue weighted by atomic mass is 32.2. The monoisotopic (exact) mass is 285 g/mol. The lowest BCUT2D eigenvalue weighted by Crippen LogP contribution is -2.44. The second kappa shape index (κ2) is 6.07. The first-order chi connectivity index (χ1) is 8.97. The van der Waals surface area contributed by atoms with Gasteiger partial charge in [0.15, 0.2) is 0 Å². The number of hydrogen-bond acceptors (Lipinski definition) is 3. The highest BCUT2D eigenvalue weighted by Crippen LogP contribution is 2.25. The fourth-order valence-corrected chi connectivity index (χ4v) is 4.19. The maximum Gasteiger partial charge on any atom is 0.223 e. The van der Waals surface area contributed by atoms with Crippen LogP contribution in [0.5, 0.6) is 0 Å². The SMILES string of the molecule is CS(=O)(=O)C1CCCC(NC(=O)C2CC=CCC2)C1. The molecule has 0 bridgehead atoms. The topological polar surface area (TPSA) is 63.2 Å². The third kappa shape index (κ3) is 4.06. The van der Waals surface area contributed by atoms with E-state index in [1.165, 1.54) is 6.26 Å². The van der Waals surface area contributed by atoms with Gasteiger partial charge in [0.25, 0.3) is 0 Å². The zero-order valence-electron chi connectivity index (χ0n) is 11.5. The third-order valence-electron chi connectivity index (χ3n) is 4.22. The molecular weight excluding hydrogens is 262 g/mol. The minimum atomic E-state index is -2.98. The summed E-state index contributed by atoms with van der Waals surface area (Å²) in [6.07, 6.45) is 11.3. The van der Waals surface area contributed by atoms with Crippen LogP contribution in [0.2, 0.25) is 0 Å². The number of carbonyl (C=O) groups is 1. The van der Waals surface area contributed by atoms with Crippen LogP contribution in [-0.2, 0) is 14.6 Å². The van der Waals surface area contributed by atoms with E-state index < -0.39 is 9.84 Å². The van der Waals surface area contributed by atoms with Crippen LogP contribution in [0.1, 0.15) is 44.9 Å². The summed E-state index contributed by atoms with van der Waals surface area (Å²) in [5.74, 6) is 0.173. The zero-order valence-corrected chi connectivity index (χ0v) is 12.3. The third-order valence-corrected chi connectivity index (χ3v) is 5.86. The van der Waals surface area contributed by atoms with Crippen molar-refractivity contribution < 1.29 is 13.2 Å². The molecule has 2 aliphatic rings. The smallest absolute Gasteiger partial charge is 0.223 e. The fourth-order valence-electron chi connectivity index (χ4n) is 3.02. The molecular formula is C14H23NO3S. The van der Waals surface area contributed by atoms with Crippen LogP contribution in [0.25, 0.3) is 0 Å². The standard InChI is InChI=1S/C14H23NO3S/c1-19(17,18)13-9-5-8-12(10-13)15-14(16)11-6-3-2-4-7-11/h2-3,11-13H,4-10H2,1H3,(H,15,16). The van der Waals surface area contributed by atoms with Gasteiger partial charge in [-0.3, -0.25) is 4.79 Å². The van der Waals surface area contributed by atoms with Crippen molar-refractivity contribution in [3.8, 4) is 0 Å². The number of rotatable bonds is 3. The van der Waals surface area contributed by atoms with E-state index in [2.05, 4.69) is 17.5 Å². The Morgan fingerprint density at radius 1 is 1.21 bits per heavy atom. The number of nitrogens with one attached hydrogen (secondary N) is 1. The van der Waals surface area contributed by atoms with Gasteiger partial charge in [-0.15, -0.1) is 0 Å². The molecule has 4 nitrogen and oxygen atoms in total. The van der Waals surface area contributed by atoms with Gasteiger partial charge in [0.1, 0.15) is 9.84 Å². The average Bonchev–Trinajstić information content (AvgIpc) is 2.39. The van der Waals surface area contributed by atoms with Crippen LogP contribution >= 0.6 is 0 Å². The Hall–Kier alpha value is -0.840. The first kappa shape index (κ1) is 14.6. The number of carbonyl (C=O) groups excluding carboxylic acids is 1. The molecule has 0 aromatic carbocycles. The molecule has 2 aliphatic carbocycles. The van der Waals surface area contributed by atoms with E-state index in [9.17, 15) is 13.2 Å². The van der Waals surface area contributed by atoms with Crippen LogP contribution in [0.4, 0.5) is 0 Å². The fraction of sp³-hybridized carbons (Fsp3) is 0.786. The van der Waals surface area contributed by atoms with E-state index >= 15 is 0 Å². The molecule has 3 atom stereocenters. The normalized spacial score (nSPS) is 31.9. The number of sulfone groups is 1. The highest BCUT2D eigenvalue weighted by molar-refractivity contribution is 7.91. The Kier molecular flexibility index (Phi) is 4.66. The molecule has 0 heterocycles. The molecule has 5 heteroatoms. The van der Waals surface area contributed by atoms with Crippen molar-refractivity contribution in [2.24, 2.45) is 5.92 Å². The van der Waals surface area contributed by atoms with Crippen LogP contribution in [0.3, 0.4) is 0 Å². The Bertz CT molecular complexity index is 455. The Balaban J connectivity index is 1.88. The van der Waals surface area contributed by atoms with Crippen molar-refractivity contribution in [2.75, 3.05) is 6.26 Å². The van der Waals surface area contributed by atoms with Crippen molar-refractivity contribution in [3.63, 3.8) is 0 Å². The van der Waals surface area contributed by atoms with E-state index in [-0.39, 0.29) is 23.1 Å². The molecule has 0 spiro atoms. The van der Waals surface area contributed by atoms with Gasteiger partial charge >= 0.3 is 0 Å². The molecule has 0 aromatic rings. The highest BCUT2D eigenvalue weighted by Gasteiger charge is 2.30. The first-order valence-electron chi connectivity index (χ1n) is 7.11. The van der Waals surface area contributed by atoms with E-state index in [0.29, 0.717) is 6.42 Å². The lowest BCUT2D eigenvalue weighted by Gasteiger charge is -2.30. The predicted molar refractivity (Wildman–Crippen MR) is 75.5 cm³/mol. The van der Waals surface area contributed by atoms with Crippen molar-refractivity contribution in [2.45, 2.75) is 56.2 Å². The Morgan fingerprint density at radius 2 is 2.00 bits per heavy atom. The van der Waals surface area contributed by atoms with Gasteiger partial charge in [0, 0.05) is 18.2 Å². The molecule has 108 valence electrons. The molecule has 1 amide bonds. The van der Waals surface area contributed by atoms with Crippen LogP contribution in [-0.4, -0.2) is 31.9 Å². The second-order valence-electron chi connectivity index (χ2n) is 5.81. The molecule has 0 aromatic heterocycles. The number of amides is 1. The van der Waals surface area contributed by atoms with Gasteiger partial charge < -0.3 is 5.32 Å². The molecule has 19 heavy (non-hydrogen) atoms. The molecule has 1 saturated carbocycles. The van der Waals surface area contributed by atoms with Gasteiger partial charge in [-0.25, -0.2) is 8.42 Å². The first-order valence-corrected chi connectivity index (χ1v) is 9.06. The summed E-state index contributed by atoms with van der Waals surface area (Å²) in [5.41, 5.74) is 0. The number of allylic oxidation sites excluding steroid dienone is 2. The zero-order chi connectivity index (χ0) is 13.9. The molecule has 0 saturated heterocycles. The summed E-state index contributed by atoms with van der Waals surface area (Å²) in [5, 5.41) is 2.77. The summed E-state index contributed by atoms with van der Waals surface area (Å²) in [4.78, 5) is 12.1. The molecule has 1 N–H and O–H groups in total. The maximum absolute atomic E-state index is 12.1. The predicted octanol–water partition coefficient (Wildman–Crippen LogP) is 1.81. The second-order valence-corrected chi connectivity index (χ2v) is 8.13. The van der Waals surface area contributed by atoms with E-state index in [1.807, 2.05) is 0 Å². The van der Waals surface area contributed by atoms with Crippen LogP contribution < -0.4 is 5.32 Å². The minimum absolute atomic E-state index is 0.0341. The van der Waals surface area contributed by atoms with Crippen LogP contribution in [0.15, 0.2) is 12.2 Å². The molecule has 1 fully saturated rings. The average molecular weight is 285 g/mol. The Morgan fingerprint density at radius 3 is 2.63 bits per heavy atom. The largest absolute Gasteiger partial charge is 0.353 e. The summed E-state index contributed by atoms with van der Waals surface area (Å²) in [7, 11) is -2.98. The summed E-state index contributed by atoms with van der Waals surface area (Å²) >= 11 is 0.